The van der Waals surface area contributed by atoms with Crippen molar-refractivity contribution in [2.24, 2.45) is 0 Å². The van der Waals surface area contributed by atoms with E-state index < -0.39 is 5.97 Å². The summed E-state index contributed by atoms with van der Waals surface area (Å²) in [6.45, 7) is 2.23. The Morgan fingerprint density at radius 2 is 1.60 bits per heavy atom. The SMILES string of the molecule is CCCCCCCCCCc1ccc(O)c(C(=O)O)c1. The summed E-state index contributed by atoms with van der Waals surface area (Å²) in [5.41, 5.74) is 0.994. The molecule has 0 heterocycles. The fraction of sp³-hybridized carbons (Fsp3) is 0.588. The molecule has 0 radical (unpaired) electrons. The molecule has 0 aliphatic carbocycles. The molecular weight excluding hydrogens is 252 g/mol. The van der Waals surface area contributed by atoms with Crippen LogP contribution in [-0.2, 0) is 6.42 Å². The number of aromatic hydroxyl groups is 1. The maximum atomic E-state index is 10.9. The summed E-state index contributed by atoms with van der Waals surface area (Å²) in [5.74, 6) is -1.22. The van der Waals surface area contributed by atoms with Gasteiger partial charge in [0.25, 0.3) is 0 Å². The molecule has 1 aromatic rings. The van der Waals surface area contributed by atoms with Gasteiger partial charge >= 0.3 is 5.97 Å². The number of benzene rings is 1. The summed E-state index contributed by atoms with van der Waals surface area (Å²) in [6, 6.07) is 4.87. The van der Waals surface area contributed by atoms with Crippen LogP contribution in [0.2, 0.25) is 0 Å². The maximum absolute atomic E-state index is 10.9. The van der Waals surface area contributed by atoms with Gasteiger partial charge in [-0.05, 0) is 30.5 Å². The quantitative estimate of drug-likeness (QED) is 0.606. The highest BCUT2D eigenvalue weighted by atomic mass is 16.4. The highest BCUT2D eigenvalue weighted by Crippen LogP contribution is 2.20. The smallest absolute Gasteiger partial charge is 0.339 e. The lowest BCUT2D eigenvalue weighted by atomic mass is 10.0. The zero-order valence-corrected chi connectivity index (χ0v) is 12.4. The van der Waals surface area contributed by atoms with E-state index >= 15 is 0 Å². The second kappa shape index (κ2) is 9.40. The van der Waals surface area contributed by atoms with Crippen molar-refractivity contribution in [1.29, 1.82) is 0 Å². The molecule has 2 N–H and O–H groups in total. The third-order valence-electron chi connectivity index (χ3n) is 3.61. The van der Waals surface area contributed by atoms with Crippen LogP contribution in [0.5, 0.6) is 5.75 Å². The van der Waals surface area contributed by atoms with Crippen LogP contribution < -0.4 is 0 Å². The molecule has 0 aliphatic rings. The van der Waals surface area contributed by atoms with Crippen molar-refractivity contribution in [3.05, 3.63) is 29.3 Å². The third-order valence-corrected chi connectivity index (χ3v) is 3.61. The van der Waals surface area contributed by atoms with Gasteiger partial charge in [-0.1, -0.05) is 57.9 Å². The second-order valence-electron chi connectivity index (χ2n) is 5.38. The Hall–Kier alpha value is -1.51. The van der Waals surface area contributed by atoms with E-state index in [1.54, 1.807) is 6.07 Å². The number of hydrogen-bond donors (Lipinski definition) is 2. The number of aromatic carboxylic acids is 1. The molecule has 3 heteroatoms. The number of carboxylic acids is 1. The van der Waals surface area contributed by atoms with Crippen molar-refractivity contribution in [1.82, 2.24) is 0 Å². The van der Waals surface area contributed by atoms with Crippen molar-refractivity contribution >= 4 is 5.97 Å². The molecular formula is C17H26O3. The van der Waals surface area contributed by atoms with Crippen LogP contribution in [0.15, 0.2) is 18.2 Å². The van der Waals surface area contributed by atoms with E-state index in [2.05, 4.69) is 6.92 Å². The molecule has 0 unspecified atom stereocenters. The molecule has 0 aromatic heterocycles. The van der Waals surface area contributed by atoms with E-state index in [4.69, 9.17) is 5.11 Å². The Morgan fingerprint density at radius 1 is 1.00 bits per heavy atom. The summed E-state index contributed by atoms with van der Waals surface area (Å²) >= 11 is 0. The van der Waals surface area contributed by atoms with E-state index in [1.807, 2.05) is 6.07 Å². The summed E-state index contributed by atoms with van der Waals surface area (Å²) in [6.07, 6.45) is 11.0. The van der Waals surface area contributed by atoms with Gasteiger partial charge in [0, 0.05) is 0 Å². The molecule has 3 nitrogen and oxygen atoms in total. The Kier molecular flexibility index (Phi) is 7.78. The van der Waals surface area contributed by atoms with Gasteiger partial charge in [-0.25, -0.2) is 4.79 Å². The summed E-state index contributed by atoms with van der Waals surface area (Å²) < 4.78 is 0. The van der Waals surface area contributed by atoms with Crippen LogP contribution in [-0.4, -0.2) is 16.2 Å². The molecule has 0 atom stereocenters. The summed E-state index contributed by atoms with van der Waals surface area (Å²) in [7, 11) is 0. The number of phenols is 1. The molecule has 1 rings (SSSR count). The molecule has 0 fully saturated rings. The van der Waals surface area contributed by atoms with E-state index in [1.165, 1.54) is 51.0 Å². The second-order valence-corrected chi connectivity index (χ2v) is 5.38. The van der Waals surface area contributed by atoms with Crippen LogP contribution in [0.1, 0.15) is 74.2 Å². The number of rotatable bonds is 10. The standard InChI is InChI=1S/C17H26O3/c1-2-3-4-5-6-7-8-9-10-14-11-12-16(18)15(13-14)17(19)20/h11-13,18H,2-10H2,1H3,(H,19,20). The third kappa shape index (κ3) is 6.09. The van der Waals surface area contributed by atoms with Crippen molar-refractivity contribution < 1.29 is 15.0 Å². The number of carbonyl (C=O) groups is 1. The lowest BCUT2D eigenvalue weighted by Gasteiger charge is -2.05. The Labute approximate surface area is 121 Å². The van der Waals surface area contributed by atoms with Crippen LogP contribution in [0.4, 0.5) is 0 Å². The van der Waals surface area contributed by atoms with E-state index in [0.717, 1.165) is 18.4 Å². The number of carboxylic acid groups (broad SMARTS) is 1. The molecule has 20 heavy (non-hydrogen) atoms. The van der Waals surface area contributed by atoms with Gasteiger partial charge in [0.05, 0.1) is 0 Å². The largest absolute Gasteiger partial charge is 0.507 e. The maximum Gasteiger partial charge on any atom is 0.339 e. The first-order valence-electron chi connectivity index (χ1n) is 7.70. The Bertz CT molecular complexity index is 413. The van der Waals surface area contributed by atoms with Gasteiger partial charge < -0.3 is 10.2 Å². The molecule has 1 aromatic carbocycles. The van der Waals surface area contributed by atoms with Crippen molar-refractivity contribution in [3.63, 3.8) is 0 Å². The highest BCUT2D eigenvalue weighted by Gasteiger charge is 2.09. The monoisotopic (exact) mass is 278 g/mol. The van der Waals surface area contributed by atoms with Gasteiger partial charge in [-0.2, -0.15) is 0 Å². The van der Waals surface area contributed by atoms with E-state index in [9.17, 15) is 9.90 Å². The molecule has 0 amide bonds. The van der Waals surface area contributed by atoms with Crippen molar-refractivity contribution in [2.45, 2.75) is 64.7 Å². The minimum atomic E-state index is -1.07. The van der Waals surface area contributed by atoms with Crippen LogP contribution in [0, 0.1) is 0 Å². The Balaban J connectivity index is 2.22. The van der Waals surface area contributed by atoms with E-state index in [0.29, 0.717) is 0 Å². The predicted octanol–water partition coefficient (Wildman–Crippen LogP) is 4.77. The van der Waals surface area contributed by atoms with Gasteiger partial charge in [0.15, 0.2) is 0 Å². The summed E-state index contributed by atoms with van der Waals surface area (Å²) in [4.78, 5) is 10.9. The normalized spacial score (nSPS) is 10.7. The Morgan fingerprint density at radius 3 is 2.20 bits per heavy atom. The molecule has 112 valence electrons. The lowest BCUT2D eigenvalue weighted by molar-refractivity contribution is 0.0693. The van der Waals surface area contributed by atoms with Crippen LogP contribution >= 0.6 is 0 Å². The van der Waals surface area contributed by atoms with Gasteiger partial charge in [0.2, 0.25) is 0 Å². The van der Waals surface area contributed by atoms with Crippen molar-refractivity contribution in [2.75, 3.05) is 0 Å². The number of hydrogen-bond acceptors (Lipinski definition) is 2. The lowest BCUT2D eigenvalue weighted by Crippen LogP contribution is -1.98. The van der Waals surface area contributed by atoms with E-state index in [-0.39, 0.29) is 11.3 Å². The minimum absolute atomic E-state index is 0.00191. The highest BCUT2D eigenvalue weighted by molar-refractivity contribution is 5.90. The molecule has 0 spiro atoms. The van der Waals surface area contributed by atoms with Gasteiger partial charge in [-0.3, -0.25) is 0 Å². The zero-order valence-electron chi connectivity index (χ0n) is 12.4. The zero-order chi connectivity index (χ0) is 14.8. The van der Waals surface area contributed by atoms with Gasteiger partial charge in [0.1, 0.15) is 11.3 Å². The average molecular weight is 278 g/mol. The van der Waals surface area contributed by atoms with Crippen LogP contribution in [0.3, 0.4) is 0 Å². The molecule has 0 bridgehead atoms. The minimum Gasteiger partial charge on any atom is -0.507 e. The number of aryl methyl sites for hydroxylation is 1. The molecule has 0 aliphatic heterocycles. The topological polar surface area (TPSA) is 57.5 Å². The average Bonchev–Trinajstić information content (AvgIpc) is 2.43. The summed E-state index contributed by atoms with van der Waals surface area (Å²) in [5, 5.41) is 18.4. The van der Waals surface area contributed by atoms with Gasteiger partial charge in [-0.15, -0.1) is 0 Å². The fourth-order valence-electron chi connectivity index (χ4n) is 2.37. The first-order valence-corrected chi connectivity index (χ1v) is 7.70. The number of unbranched alkanes of at least 4 members (excludes halogenated alkanes) is 7. The first-order chi connectivity index (χ1) is 9.65. The molecule has 0 saturated heterocycles. The van der Waals surface area contributed by atoms with Crippen molar-refractivity contribution in [3.8, 4) is 5.75 Å². The van der Waals surface area contributed by atoms with Crippen LogP contribution in [0.25, 0.3) is 0 Å². The molecule has 0 saturated carbocycles. The first kappa shape index (κ1) is 16.5. The predicted molar refractivity (Wildman–Crippen MR) is 81.4 cm³/mol. The fourth-order valence-corrected chi connectivity index (χ4v) is 2.37.